The SMILES string of the molecule is O=C(Nc1ccccc1NC(=O)c1ccc(-c2ccc(F)cc2)o1)c1ccc(-c2ccc(F)cc2)o1. The molecule has 2 heterocycles. The minimum atomic E-state index is -0.526. The van der Waals surface area contributed by atoms with E-state index in [0.717, 1.165) is 0 Å². The van der Waals surface area contributed by atoms with Crippen LogP contribution in [0.15, 0.2) is 106 Å². The molecule has 2 N–H and O–H groups in total. The van der Waals surface area contributed by atoms with Gasteiger partial charge >= 0.3 is 0 Å². The van der Waals surface area contributed by atoms with Crippen LogP contribution in [-0.2, 0) is 0 Å². The van der Waals surface area contributed by atoms with Crippen molar-refractivity contribution in [2.24, 2.45) is 0 Å². The van der Waals surface area contributed by atoms with Gasteiger partial charge in [0.25, 0.3) is 11.8 Å². The predicted molar refractivity (Wildman–Crippen MR) is 131 cm³/mol. The lowest BCUT2D eigenvalue weighted by Gasteiger charge is -2.11. The number of halogens is 2. The molecule has 8 heteroatoms. The zero-order valence-electron chi connectivity index (χ0n) is 18.6. The van der Waals surface area contributed by atoms with Crippen molar-refractivity contribution in [1.29, 1.82) is 0 Å². The van der Waals surface area contributed by atoms with E-state index >= 15 is 0 Å². The fraction of sp³-hybridized carbons (Fsp3) is 0. The van der Waals surface area contributed by atoms with Crippen molar-refractivity contribution in [2.75, 3.05) is 10.6 Å². The molecule has 3 aromatic carbocycles. The molecule has 5 rings (SSSR count). The van der Waals surface area contributed by atoms with Crippen LogP contribution in [0.4, 0.5) is 20.2 Å². The number of para-hydroxylation sites is 2. The molecule has 5 aromatic rings. The van der Waals surface area contributed by atoms with E-state index in [0.29, 0.717) is 34.0 Å². The number of carbonyl (C=O) groups excluding carboxylic acids is 2. The third-order valence-corrected chi connectivity index (χ3v) is 5.34. The van der Waals surface area contributed by atoms with Crippen LogP contribution in [0, 0.1) is 11.6 Å². The van der Waals surface area contributed by atoms with Crippen molar-refractivity contribution in [3.05, 3.63) is 120 Å². The number of rotatable bonds is 6. The van der Waals surface area contributed by atoms with Crippen LogP contribution in [0.5, 0.6) is 0 Å². The molecule has 0 aliphatic carbocycles. The summed E-state index contributed by atoms with van der Waals surface area (Å²) < 4.78 is 37.6. The van der Waals surface area contributed by atoms with Gasteiger partial charge in [0.15, 0.2) is 11.5 Å². The Kier molecular flexibility index (Phi) is 6.15. The van der Waals surface area contributed by atoms with Crippen LogP contribution < -0.4 is 10.6 Å². The van der Waals surface area contributed by atoms with Crippen LogP contribution in [0.25, 0.3) is 22.6 Å². The molecule has 0 aliphatic rings. The summed E-state index contributed by atoms with van der Waals surface area (Å²) in [5.41, 5.74) is 1.95. The lowest BCUT2D eigenvalue weighted by Crippen LogP contribution is -2.16. The van der Waals surface area contributed by atoms with E-state index < -0.39 is 11.8 Å². The van der Waals surface area contributed by atoms with Gasteiger partial charge in [-0.2, -0.15) is 0 Å². The summed E-state index contributed by atoms with van der Waals surface area (Å²) in [7, 11) is 0. The molecular formula is C28H18F2N2O4. The first kappa shape index (κ1) is 22.8. The maximum absolute atomic E-state index is 13.2. The zero-order chi connectivity index (χ0) is 25.1. The second kappa shape index (κ2) is 9.71. The Morgan fingerprint density at radius 3 is 1.31 bits per heavy atom. The molecule has 0 saturated carbocycles. The Bertz CT molecular complexity index is 1420. The summed E-state index contributed by atoms with van der Waals surface area (Å²) in [6.07, 6.45) is 0. The molecule has 0 radical (unpaired) electrons. The highest BCUT2D eigenvalue weighted by Gasteiger charge is 2.17. The van der Waals surface area contributed by atoms with Gasteiger partial charge in [0, 0.05) is 11.1 Å². The number of amides is 2. The molecule has 0 fully saturated rings. The Labute approximate surface area is 204 Å². The Morgan fingerprint density at radius 2 is 0.917 bits per heavy atom. The maximum Gasteiger partial charge on any atom is 0.291 e. The van der Waals surface area contributed by atoms with Crippen molar-refractivity contribution < 1.29 is 27.2 Å². The second-order valence-electron chi connectivity index (χ2n) is 7.80. The number of nitrogens with one attached hydrogen (secondary N) is 2. The van der Waals surface area contributed by atoms with Crippen molar-refractivity contribution >= 4 is 23.2 Å². The lowest BCUT2D eigenvalue weighted by molar-refractivity contribution is 0.0987. The van der Waals surface area contributed by atoms with E-state index in [1.807, 2.05) is 0 Å². The van der Waals surface area contributed by atoms with Gasteiger partial charge in [-0.05, 0) is 84.9 Å². The molecule has 0 aliphatic heterocycles. The van der Waals surface area contributed by atoms with Crippen LogP contribution in [-0.4, -0.2) is 11.8 Å². The van der Waals surface area contributed by atoms with Crippen molar-refractivity contribution in [3.63, 3.8) is 0 Å². The highest BCUT2D eigenvalue weighted by molar-refractivity contribution is 6.08. The first-order valence-corrected chi connectivity index (χ1v) is 10.9. The molecule has 2 amide bonds. The standard InChI is InChI=1S/C28H18F2N2O4/c29-19-9-5-17(6-10-19)23-13-15-25(35-23)27(33)31-21-3-1-2-4-22(21)32-28(34)26-16-14-24(36-26)18-7-11-20(30)12-8-18/h1-16H,(H,31,33)(H,32,34). The van der Waals surface area contributed by atoms with Gasteiger partial charge in [-0.15, -0.1) is 0 Å². The van der Waals surface area contributed by atoms with Crippen LogP contribution in [0.1, 0.15) is 21.1 Å². The Morgan fingerprint density at radius 1 is 0.528 bits per heavy atom. The second-order valence-corrected chi connectivity index (χ2v) is 7.80. The van der Waals surface area contributed by atoms with Crippen LogP contribution >= 0.6 is 0 Å². The van der Waals surface area contributed by atoms with Gasteiger partial charge < -0.3 is 19.5 Å². The molecule has 0 spiro atoms. The van der Waals surface area contributed by atoms with Crippen molar-refractivity contribution in [3.8, 4) is 22.6 Å². The van der Waals surface area contributed by atoms with Crippen molar-refractivity contribution in [1.82, 2.24) is 0 Å². The topological polar surface area (TPSA) is 84.5 Å². The summed E-state index contributed by atoms with van der Waals surface area (Å²) in [4.78, 5) is 25.6. The first-order chi connectivity index (χ1) is 17.5. The van der Waals surface area contributed by atoms with E-state index in [9.17, 15) is 18.4 Å². The van der Waals surface area contributed by atoms with Gasteiger partial charge in [0.1, 0.15) is 23.2 Å². The molecule has 0 unspecified atom stereocenters. The Balaban J connectivity index is 1.29. The summed E-state index contributed by atoms with van der Waals surface area (Å²) in [5, 5.41) is 5.44. The zero-order valence-corrected chi connectivity index (χ0v) is 18.6. The highest BCUT2D eigenvalue weighted by atomic mass is 19.1. The monoisotopic (exact) mass is 484 g/mol. The van der Waals surface area contributed by atoms with E-state index in [1.54, 1.807) is 60.7 Å². The summed E-state index contributed by atoms with van der Waals surface area (Å²) in [6.45, 7) is 0. The van der Waals surface area contributed by atoms with E-state index in [2.05, 4.69) is 10.6 Å². The summed E-state index contributed by atoms with van der Waals surface area (Å²) in [5.74, 6) is -0.876. The molecule has 6 nitrogen and oxygen atoms in total. The smallest absolute Gasteiger partial charge is 0.291 e. The number of hydrogen-bond acceptors (Lipinski definition) is 4. The number of furan rings is 2. The fourth-order valence-electron chi connectivity index (χ4n) is 3.53. The van der Waals surface area contributed by atoms with Gasteiger partial charge in [0.2, 0.25) is 0 Å². The minimum absolute atomic E-state index is 0.0467. The number of carbonyl (C=O) groups is 2. The number of hydrogen-bond donors (Lipinski definition) is 2. The van der Waals surface area contributed by atoms with Gasteiger partial charge in [0.05, 0.1) is 11.4 Å². The molecule has 36 heavy (non-hydrogen) atoms. The van der Waals surface area contributed by atoms with E-state index in [-0.39, 0.29) is 23.2 Å². The normalized spacial score (nSPS) is 10.7. The predicted octanol–water partition coefficient (Wildman–Crippen LogP) is 6.99. The number of anilines is 2. The number of benzene rings is 3. The minimum Gasteiger partial charge on any atom is -0.451 e. The fourth-order valence-corrected chi connectivity index (χ4v) is 3.53. The largest absolute Gasteiger partial charge is 0.451 e. The molecule has 2 aromatic heterocycles. The quantitative estimate of drug-likeness (QED) is 0.272. The highest BCUT2D eigenvalue weighted by Crippen LogP contribution is 2.27. The third-order valence-electron chi connectivity index (χ3n) is 5.34. The van der Waals surface area contributed by atoms with Gasteiger partial charge in [-0.25, -0.2) is 8.78 Å². The van der Waals surface area contributed by atoms with Gasteiger partial charge in [-0.3, -0.25) is 9.59 Å². The lowest BCUT2D eigenvalue weighted by atomic mass is 10.2. The van der Waals surface area contributed by atoms with Crippen LogP contribution in [0.2, 0.25) is 0 Å². The first-order valence-electron chi connectivity index (χ1n) is 10.9. The molecular weight excluding hydrogens is 466 g/mol. The summed E-state index contributed by atoms with van der Waals surface area (Å²) >= 11 is 0. The van der Waals surface area contributed by atoms with Crippen LogP contribution in [0.3, 0.4) is 0 Å². The van der Waals surface area contributed by atoms with Gasteiger partial charge in [-0.1, -0.05) is 12.1 Å². The van der Waals surface area contributed by atoms with E-state index in [1.165, 1.54) is 36.4 Å². The molecule has 0 atom stereocenters. The maximum atomic E-state index is 13.2. The van der Waals surface area contributed by atoms with Crippen molar-refractivity contribution in [2.45, 2.75) is 0 Å². The molecule has 0 saturated heterocycles. The van der Waals surface area contributed by atoms with E-state index in [4.69, 9.17) is 8.83 Å². The average molecular weight is 484 g/mol. The Hall–Kier alpha value is -4.98. The average Bonchev–Trinajstić information content (AvgIpc) is 3.57. The molecule has 0 bridgehead atoms. The molecule has 178 valence electrons. The summed E-state index contributed by atoms with van der Waals surface area (Å²) in [6, 6.07) is 24.3. The third kappa shape index (κ3) is 4.92.